The van der Waals surface area contributed by atoms with Gasteiger partial charge in [-0.1, -0.05) is 48.5 Å². The Morgan fingerprint density at radius 2 is 1.69 bits per heavy atom. The van der Waals surface area contributed by atoms with Crippen LogP contribution in [0.3, 0.4) is 0 Å². The Bertz CT molecular complexity index is 891. The fourth-order valence-electron chi connectivity index (χ4n) is 2.70. The third kappa shape index (κ3) is 4.76. The third-order valence-corrected chi connectivity index (χ3v) is 4.08. The Morgan fingerprint density at radius 1 is 0.962 bits per heavy atom. The lowest BCUT2D eigenvalue weighted by Gasteiger charge is -2.16. The number of hydrogen-bond acceptors (Lipinski definition) is 3. The number of nitrogens with one attached hydrogen (secondary N) is 1. The van der Waals surface area contributed by atoms with Gasteiger partial charge in [0, 0.05) is 0 Å². The average molecular weight is 349 g/mol. The van der Waals surface area contributed by atoms with E-state index in [0.717, 1.165) is 22.1 Å². The molecule has 0 saturated carbocycles. The van der Waals surface area contributed by atoms with Crippen molar-refractivity contribution >= 4 is 16.7 Å². The number of para-hydroxylation sites is 1. The molecule has 0 aliphatic carbocycles. The molecule has 0 aliphatic rings. The van der Waals surface area contributed by atoms with Crippen molar-refractivity contribution in [3.63, 3.8) is 0 Å². The van der Waals surface area contributed by atoms with E-state index in [1.807, 2.05) is 80.6 Å². The zero-order valence-corrected chi connectivity index (χ0v) is 15.1. The second-order valence-corrected chi connectivity index (χ2v) is 6.34. The van der Waals surface area contributed by atoms with Crippen LogP contribution in [0.25, 0.3) is 10.8 Å². The summed E-state index contributed by atoms with van der Waals surface area (Å²) >= 11 is 0. The summed E-state index contributed by atoms with van der Waals surface area (Å²) in [6, 6.07) is 21.6. The van der Waals surface area contributed by atoms with Crippen LogP contribution in [0.15, 0.2) is 66.7 Å². The quantitative estimate of drug-likeness (QED) is 0.698. The van der Waals surface area contributed by atoms with E-state index in [1.165, 1.54) is 0 Å². The SMILES string of the molecule is Cc1ccccc1OCC(C)NC(=O)COc1ccc2ccccc2c1. The first-order valence-corrected chi connectivity index (χ1v) is 8.71. The lowest BCUT2D eigenvalue weighted by molar-refractivity contribution is -0.123. The fourth-order valence-corrected chi connectivity index (χ4v) is 2.70. The predicted molar refractivity (Wildman–Crippen MR) is 104 cm³/mol. The van der Waals surface area contributed by atoms with Gasteiger partial charge in [-0.05, 0) is 48.4 Å². The Hall–Kier alpha value is -3.01. The molecule has 3 aromatic rings. The molecule has 26 heavy (non-hydrogen) atoms. The van der Waals surface area contributed by atoms with Crippen LogP contribution in [0.5, 0.6) is 11.5 Å². The first-order valence-electron chi connectivity index (χ1n) is 8.71. The third-order valence-electron chi connectivity index (χ3n) is 4.08. The van der Waals surface area contributed by atoms with Crippen LogP contribution in [0.2, 0.25) is 0 Å². The summed E-state index contributed by atoms with van der Waals surface area (Å²) in [6.07, 6.45) is 0. The molecule has 0 bridgehead atoms. The lowest BCUT2D eigenvalue weighted by Crippen LogP contribution is -2.39. The molecule has 0 radical (unpaired) electrons. The van der Waals surface area contributed by atoms with E-state index in [2.05, 4.69) is 5.32 Å². The van der Waals surface area contributed by atoms with Gasteiger partial charge >= 0.3 is 0 Å². The number of rotatable bonds is 7. The number of ether oxygens (including phenoxy) is 2. The average Bonchev–Trinajstić information content (AvgIpc) is 2.65. The van der Waals surface area contributed by atoms with Crippen LogP contribution in [0.1, 0.15) is 12.5 Å². The van der Waals surface area contributed by atoms with Crippen molar-refractivity contribution in [2.75, 3.05) is 13.2 Å². The summed E-state index contributed by atoms with van der Waals surface area (Å²) in [5.74, 6) is 1.35. The Labute approximate surface area is 153 Å². The number of amides is 1. The number of carbonyl (C=O) groups excluding carboxylic acids is 1. The van der Waals surface area contributed by atoms with E-state index in [0.29, 0.717) is 12.4 Å². The highest BCUT2D eigenvalue weighted by Gasteiger charge is 2.10. The number of benzene rings is 3. The van der Waals surface area contributed by atoms with Crippen molar-refractivity contribution in [1.82, 2.24) is 5.32 Å². The second kappa shape index (κ2) is 8.39. The monoisotopic (exact) mass is 349 g/mol. The smallest absolute Gasteiger partial charge is 0.258 e. The maximum Gasteiger partial charge on any atom is 0.258 e. The molecule has 4 heteroatoms. The predicted octanol–water partition coefficient (Wildman–Crippen LogP) is 4.11. The van der Waals surface area contributed by atoms with Crippen LogP contribution in [0, 0.1) is 6.92 Å². The highest BCUT2D eigenvalue weighted by Crippen LogP contribution is 2.20. The van der Waals surface area contributed by atoms with Crippen LogP contribution in [-0.2, 0) is 4.79 Å². The standard InChI is InChI=1S/C22H23NO3/c1-16-7-3-6-10-21(16)26-14-17(2)23-22(24)15-25-20-12-11-18-8-4-5-9-19(18)13-20/h3-13,17H,14-15H2,1-2H3,(H,23,24). The van der Waals surface area contributed by atoms with Crippen molar-refractivity contribution < 1.29 is 14.3 Å². The molecule has 0 heterocycles. The molecule has 3 rings (SSSR count). The van der Waals surface area contributed by atoms with Crippen LogP contribution < -0.4 is 14.8 Å². The minimum atomic E-state index is -0.168. The Morgan fingerprint density at radius 3 is 2.50 bits per heavy atom. The molecule has 1 unspecified atom stereocenters. The van der Waals surface area contributed by atoms with Gasteiger partial charge in [0.2, 0.25) is 0 Å². The summed E-state index contributed by atoms with van der Waals surface area (Å²) in [6.45, 7) is 4.29. The fraction of sp³-hybridized carbons (Fsp3) is 0.227. The molecule has 0 spiro atoms. The van der Waals surface area contributed by atoms with Gasteiger partial charge in [0.1, 0.15) is 18.1 Å². The van der Waals surface area contributed by atoms with Gasteiger partial charge in [-0.3, -0.25) is 4.79 Å². The minimum absolute atomic E-state index is 0.0208. The molecule has 1 N–H and O–H groups in total. The summed E-state index contributed by atoms with van der Waals surface area (Å²) in [5.41, 5.74) is 1.07. The summed E-state index contributed by atoms with van der Waals surface area (Å²) in [4.78, 5) is 12.1. The van der Waals surface area contributed by atoms with E-state index >= 15 is 0 Å². The van der Waals surface area contributed by atoms with Crippen LogP contribution in [0.4, 0.5) is 0 Å². The van der Waals surface area contributed by atoms with Crippen molar-refractivity contribution in [3.05, 3.63) is 72.3 Å². The molecule has 0 fully saturated rings. The normalized spacial score (nSPS) is 11.8. The number of fused-ring (bicyclic) bond motifs is 1. The van der Waals surface area contributed by atoms with Crippen LogP contribution >= 0.6 is 0 Å². The summed E-state index contributed by atoms with van der Waals surface area (Å²) in [5, 5.41) is 5.12. The number of aryl methyl sites for hydroxylation is 1. The number of carbonyl (C=O) groups is 1. The van der Waals surface area contributed by atoms with Gasteiger partial charge in [0.25, 0.3) is 5.91 Å². The molecular weight excluding hydrogens is 326 g/mol. The molecule has 0 aliphatic heterocycles. The van der Waals surface area contributed by atoms with Crippen molar-refractivity contribution in [2.45, 2.75) is 19.9 Å². The van der Waals surface area contributed by atoms with Crippen molar-refractivity contribution in [1.29, 1.82) is 0 Å². The summed E-state index contributed by atoms with van der Waals surface area (Å²) in [7, 11) is 0. The zero-order chi connectivity index (χ0) is 18.4. The molecular formula is C22H23NO3. The molecule has 4 nitrogen and oxygen atoms in total. The van der Waals surface area contributed by atoms with Gasteiger partial charge in [-0.25, -0.2) is 0 Å². The van der Waals surface area contributed by atoms with E-state index < -0.39 is 0 Å². The number of hydrogen-bond donors (Lipinski definition) is 1. The second-order valence-electron chi connectivity index (χ2n) is 6.34. The van der Waals surface area contributed by atoms with Crippen molar-refractivity contribution in [2.24, 2.45) is 0 Å². The maximum absolute atomic E-state index is 12.1. The molecule has 0 aromatic heterocycles. The lowest BCUT2D eigenvalue weighted by atomic mass is 10.1. The largest absolute Gasteiger partial charge is 0.491 e. The highest BCUT2D eigenvalue weighted by atomic mass is 16.5. The molecule has 0 saturated heterocycles. The molecule has 1 amide bonds. The zero-order valence-electron chi connectivity index (χ0n) is 15.1. The van der Waals surface area contributed by atoms with Crippen LogP contribution in [-0.4, -0.2) is 25.2 Å². The van der Waals surface area contributed by atoms with Gasteiger partial charge in [-0.2, -0.15) is 0 Å². The molecule has 3 aromatic carbocycles. The first-order chi connectivity index (χ1) is 12.6. The Kier molecular flexibility index (Phi) is 5.74. The first kappa shape index (κ1) is 17.8. The van der Waals surface area contributed by atoms with Gasteiger partial charge in [-0.15, -0.1) is 0 Å². The Balaban J connectivity index is 1.46. The maximum atomic E-state index is 12.1. The van der Waals surface area contributed by atoms with E-state index in [-0.39, 0.29) is 18.6 Å². The summed E-state index contributed by atoms with van der Waals surface area (Å²) < 4.78 is 11.4. The molecule has 134 valence electrons. The van der Waals surface area contributed by atoms with Gasteiger partial charge in [0.15, 0.2) is 6.61 Å². The van der Waals surface area contributed by atoms with E-state index in [4.69, 9.17) is 9.47 Å². The van der Waals surface area contributed by atoms with Crippen molar-refractivity contribution in [3.8, 4) is 11.5 Å². The van der Waals surface area contributed by atoms with Gasteiger partial charge in [0.05, 0.1) is 6.04 Å². The van der Waals surface area contributed by atoms with E-state index in [9.17, 15) is 4.79 Å². The highest BCUT2D eigenvalue weighted by molar-refractivity contribution is 5.84. The minimum Gasteiger partial charge on any atom is -0.491 e. The van der Waals surface area contributed by atoms with E-state index in [1.54, 1.807) is 0 Å². The molecule has 1 atom stereocenters. The topological polar surface area (TPSA) is 47.6 Å². The van der Waals surface area contributed by atoms with Gasteiger partial charge < -0.3 is 14.8 Å².